The van der Waals surface area contributed by atoms with E-state index in [1.54, 1.807) is 6.33 Å². The number of nitrogens with zero attached hydrogens (tertiary/aromatic N) is 2. The molecule has 0 aromatic carbocycles. The number of hydrogen-bond acceptors (Lipinski definition) is 2. The molecule has 0 N–H and O–H groups in total. The molecular formula is C8H11BrN2. The lowest BCUT2D eigenvalue weighted by Gasteiger charge is -2.04. The predicted molar refractivity (Wildman–Crippen MR) is 48.7 cm³/mol. The van der Waals surface area contributed by atoms with Crippen molar-refractivity contribution in [1.82, 2.24) is 9.97 Å². The van der Waals surface area contributed by atoms with Gasteiger partial charge >= 0.3 is 0 Å². The van der Waals surface area contributed by atoms with Crippen LogP contribution in [0.3, 0.4) is 0 Å². The van der Waals surface area contributed by atoms with E-state index in [0.29, 0.717) is 5.92 Å². The molecule has 11 heavy (non-hydrogen) atoms. The molecule has 1 rings (SSSR count). The summed E-state index contributed by atoms with van der Waals surface area (Å²) >= 11 is 3.43. The molecule has 0 aliphatic heterocycles. The molecule has 0 saturated heterocycles. The van der Waals surface area contributed by atoms with Gasteiger partial charge < -0.3 is 0 Å². The minimum Gasteiger partial charge on any atom is -0.245 e. The van der Waals surface area contributed by atoms with Crippen molar-refractivity contribution in [1.29, 1.82) is 0 Å². The zero-order chi connectivity index (χ0) is 8.10. The molecule has 3 heteroatoms. The fourth-order valence-electron chi connectivity index (χ4n) is 0.892. The minimum atomic E-state index is 0.654. The summed E-state index contributed by atoms with van der Waals surface area (Å²) in [6, 6.07) is 0. The second kappa shape index (κ2) is 4.44. The normalized spacial score (nSPS) is 12.9. The monoisotopic (exact) mass is 214 g/mol. The lowest BCUT2D eigenvalue weighted by molar-refractivity contribution is 0.659. The van der Waals surface area contributed by atoms with Crippen molar-refractivity contribution in [3.8, 4) is 0 Å². The molecule has 0 aliphatic rings. The molecule has 1 aromatic rings. The molecule has 0 bridgehead atoms. The Bertz CT molecular complexity index is 201. The van der Waals surface area contributed by atoms with Crippen LogP contribution in [0.4, 0.5) is 0 Å². The second-order valence-electron chi connectivity index (χ2n) is 2.71. The SMILES string of the molecule is CC(CBr)Cc1cncnc1. The summed E-state index contributed by atoms with van der Waals surface area (Å²) in [5.41, 5.74) is 1.21. The molecule has 0 fully saturated rings. The lowest BCUT2D eigenvalue weighted by atomic mass is 10.1. The standard InChI is InChI=1S/C8H11BrN2/c1-7(3-9)2-8-4-10-6-11-5-8/h4-7H,2-3H2,1H3. The number of rotatable bonds is 3. The fraction of sp³-hybridized carbons (Fsp3) is 0.500. The Morgan fingerprint density at radius 3 is 2.64 bits per heavy atom. The molecule has 1 aromatic heterocycles. The summed E-state index contributed by atoms with van der Waals surface area (Å²) in [7, 11) is 0. The summed E-state index contributed by atoms with van der Waals surface area (Å²) in [6.45, 7) is 2.20. The lowest BCUT2D eigenvalue weighted by Crippen LogP contribution is -2.01. The van der Waals surface area contributed by atoms with Crippen LogP contribution >= 0.6 is 15.9 Å². The zero-order valence-corrected chi connectivity index (χ0v) is 8.08. The Morgan fingerprint density at radius 1 is 1.45 bits per heavy atom. The highest BCUT2D eigenvalue weighted by molar-refractivity contribution is 9.09. The van der Waals surface area contributed by atoms with Gasteiger partial charge in [0.2, 0.25) is 0 Å². The third-order valence-corrected chi connectivity index (χ3v) is 2.57. The Hall–Kier alpha value is -0.440. The van der Waals surface area contributed by atoms with Crippen LogP contribution in [0, 0.1) is 5.92 Å². The summed E-state index contributed by atoms with van der Waals surface area (Å²) in [4.78, 5) is 7.89. The highest BCUT2D eigenvalue weighted by Gasteiger charge is 2.00. The molecule has 0 amide bonds. The van der Waals surface area contributed by atoms with Gasteiger partial charge in [0, 0.05) is 17.7 Å². The Labute approximate surface area is 75.2 Å². The molecule has 0 saturated carbocycles. The van der Waals surface area contributed by atoms with Crippen LogP contribution in [0.2, 0.25) is 0 Å². The first-order chi connectivity index (χ1) is 5.33. The summed E-state index contributed by atoms with van der Waals surface area (Å²) in [5.74, 6) is 0.654. The van der Waals surface area contributed by atoms with E-state index >= 15 is 0 Å². The summed E-state index contributed by atoms with van der Waals surface area (Å²) in [5, 5.41) is 1.03. The van der Waals surface area contributed by atoms with E-state index in [1.165, 1.54) is 5.56 Å². The van der Waals surface area contributed by atoms with Crippen molar-refractivity contribution in [2.24, 2.45) is 5.92 Å². The number of halogens is 1. The van der Waals surface area contributed by atoms with Crippen LogP contribution in [0.1, 0.15) is 12.5 Å². The van der Waals surface area contributed by atoms with Gasteiger partial charge in [0.1, 0.15) is 6.33 Å². The van der Waals surface area contributed by atoms with Gasteiger partial charge in [-0.1, -0.05) is 22.9 Å². The van der Waals surface area contributed by atoms with Gasteiger partial charge in [-0.15, -0.1) is 0 Å². The quantitative estimate of drug-likeness (QED) is 0.721. The molecule has 60 valence electrons. The van der Waals surface area contributed by atoms with Gasteiger partial charge in [-0.05, 0) is 17.9 Å². The molecule has 2 nitrogen and oxygen atoms in total. The van der Waals surface area contributed by atoms with Gasteiger partial charge in [0.05, 0.1) is 0 Å². The third kappa shape index (κ3) is 2.97. The average Bonchev–Trinajstić information content (AvgIpc) is 2.06. The van der Waals surface area contributed by atoms with Crippen LogP contribution in [0.25, 0.3) is 0 Å². The molecule has 0 radical (unpaired) electrons. The van der Waals surface area contributed by atoms with Crippen LogP contribution in [-0.2, 0) is 6.42 Å². The first-order valence-corrected chi connectivity index (χ1v) is 4.75. The van der Waals surface area contributed by atoms with Crippen LogP contribution < -0.4 is 0 Å². The summed E-state index contributed by atoms with van der Waals surface area (Å²) in [6.07, 6.45) is 6.34. The highest BCUT2D eigenvalue weighted by atomic mass is 79.9. The molecule has 1 heterocycles. The third-order valence-electron chi connectivity index (χ3n) is 1.46. The number of aromatic nitrogens is 2. The molecular weight excluding hydrogens is 204 g/mol. The van der Waals surface area contributed by atoms with Gasteiger partial charge in [0.15, 0.2) is 0 Å². The van der Waals surface area contributed by atoms with Crippen molar-refractivity contribution in [3.05, 3.63) is 24.3 Å². The Kier molecular flexibility index (Phi) is 3.49. The van der Waals surface area contributed by atoms with Gasteiger partial charge in [-0.2, -0.15) is 0 Å². The highest BCUT2D eigenvalue weighted by Crippen LogP contribution is 2.07. The number of alkyl halides is 1. The number of hydrogen-bond donors (Lipinski definition) is 0. The van der Waals surface area contributed by atoms with E-state index in [-0.39, 0.29) is 0 Å². The van der Waals surface area contributed by atoms with Crippen molar-refractivity contribution >= 4 is 15.9 Å². The fourth-order valence-corrected chi connectivity index (χ4v) is 1.12. The van der Waals surface area contributed by atoms with E-state index in [2.05, 4.69) is 32.8 Å². The largest absolute Gasteiger partial charge is 0.245 e. The maximum absolute atomic E-state index is 3.95. The van der Waals surface area contributed by atoms with Gasteiger partial charge in [-0.3, -0.25) is 0 Å². The summed E-state index contributed by atoms with van der Waals surface area (Å²) < 4.78 is 0. The molecule has 1 atom stereocenters. The van der Waals surface area contributed by atoms with Gasteiger partial charge in [0.25, 0.3) is 0 Å². The van der Waals surface area contributed by atoms with Gasteiger partial charge in [-0.25, -0.2) is 9.97 Å². The average molecular weight is 215 g/mol. The maximum Gasteiger partial charge on any atom is 0.115 e. The van der Waals surface area contributed by atoms with Crippen molar-refractivity contribution < 1.29 is 0 Å². The maximum atomic E-state index is 3.95. The van der Waals surface area contributed by atoms with Crippen LogP contribution in [-0.4, -0.2) is 15.3 Å². The van der Waals surface area contributed by atoms with Crippen LogP contribution in [0.15, 0.2) is 18.7 Å². The van der Waals surface area contributed by atoms with Crippen molar-refractivity contribution in [2.45, 2.75) is 13.3 Å². The molecule has 0 spiro atoms. The second-order valence-corrected chi connectivity index (χ2v) is 3.36. The first-order valence-electron chi connectivity index (χ1n) is 3.62. The van der Waals surface area contributed by atoms with Crippen molar-refractivity contribution in [2.75, 3.05) is 5.33 Å². The van der Waals surface area contributed by atoms with E-state index in [9.17, 15) is 0 Å². The van der Waals surface area contributed by atoms with Crippen LogP contribution in [0.5, 0.6) is 0 Å². The molecule has 1 unspecified atom stereocenters. The topological polar surface area (TPSA) is 25.8 Å². The van der Waals surface area contributed by atoms with E-state index in [4.69, 9.17) is 0 Å². The van der Waals surface area contributed by atoms with E-state index < -0.39 is 0 Å². The zero-order valence-electron chi connectivity index (χ0n) is 6.50. The Balaban J connectivity index is 2.51. The first kappa shape index (κ1) is 8.65. The van der Waals surface area contributed by atoms with E-state index in [0.717, 1.165) is 11.8 Å². The smallest absolute Gasteiger partial charge is 0.115 e. The van der Waals surface area contributed by atoms with Crippen molar-refractivity contribution in [3.63, 3.8) is 0 Å². The Morgan fingerprint density at radius 2 is 2.09 bits per heavy atom. The predicted octanol–water partition coefficient (Wildman–Crippen LogP) is 2.05. The molecule has 0 aliphatic carbocycles. The van der Waals surface area contributed by atoms with E-state index in [1.807, 2.05) is 12.4 Å². The minimum absolute atomic E-state index is 0.654.